The highest BCUT2D eigenvalue weighted by Gasteiger charge is 2.25. The first-order valence-corrected chi connectivity index (χ1v) is 6.60. The van der Waals surface area contributed by atoms with Crippen LogP contribution in [-0.2, 0) is 0 Å². The second-order valence-corrected chi connectivity index (χ2v) is 5.56. The Bertz CT molecular complexity index is 186. The monoisotopic (exact) mass is 227 g/mol. The summed E-state index contributed by atoms with van der Waals surface area (Å²) in [5, 5.41) is 3.36. The fourth-order valence-corrected chi connectivity index (χ4v) is 2.62. The van der Waals surface area contributed by atoms with Crippen molar-refractivity contribution in [2.45, 2.75) is 38.8 Å². The van der Waals surface area contributed by atoms with Crippen molar-refractivity contribution in [2.75, 3.05) is 40.8 Å². The van der Waals surface area contributed by atoms with Crippen LogP contribution in [0.15, 0.2) is 0 Å². The Morgan fingerprint density at radius 2 is 1.81 bits per heavy atom. The van der Waals surface area contributed by atoms with E-state index in [0.717, 1.165) is 5.92 Å². The van der Waals surface area contributed by atoms with Gasteiger partial charge in [-0.25, -0.2) is 0 Å². The molecule has 2 atom stereocenters. The molecule has 0 saturated carbocycles. The lowest BCUT2D eigenvalue weighted by atomic mass is 9.94. The first-order valence-electron chi connectivity index (χ1n) is 6.60. The van der Waals surface area contributed by atoms with Gasteiger partial charge in [0.25, 0.3) is 0 Å². The Hall–Kier alpha value is -0.120. The highest BCUT2D eigenvalue weighted by molar-refractivity contribution is 4.81. The summed E-state index contributed by atoms with van der Waals surface area (Å²) in [6.45, 7) is 8.41. The fraction of sp³-hybridized carbons (Fsp3) is 1.00. The molecule has 0 spiro atoms. The Labute approximate surface area is 101 Å². The number of likely N-dealkylation sites (tertiary alicyclic amines) is 1. The van der Waals surface area contributed by atoms with E-state index < -0.39 is 0 Å². The summed E-state index contributed by atoms with van der Waals surface area (Å²) in [4.78, 5) is 4.95. The van der Waals surface area contributed by atoms with Crippen molar-refractivity contribution < 1.29 is 0 Å². The highest BCUT2D eigenvalue weighted by Crippen LogP contribution is 2.20. The Balaban J connectivity index is 2.31. The maximum atomic E-state index is 3.36. The second kappa shape index (κ2) is 6.58. The number of nitrogens with zero attached hydrogens (tertiary/aromatic N) is 2. The van der Waals surface area contributed by atoms with Crippen LogP contribution in [0, 0.1) is 5.92 Å². The van der Waals surface area contributed by atoms with Gasteiger partial charge in [0.2, 0.25) is 0 Å². The normalized spacial score (nSPS) is 23.6. The molecule has 16 heavy (non-hydrogen) atoms. The van der Waals surface area contributed by atoms with E-state index >= 15 is 0 Å². The number of piperidine rings is 1. The molecular weight excluding hydrogens is 198 g/mol. The topological polar surface area (TPSA) is 18.5 Å². The molecule has 1 heterocycles. The molecule has 3 heteroatoms. The molecule has 1 aliphatic rings. The van der Waals surface area contributed by atoms with Crippen LogP contribution in [0.4, 0.5) is 0 Å². The predicted octanol–water partition coefficient (Wildman–Crippen LogP) is 1.26. The van der Waals surface area contributed by atoms with E-state index in [1.807, 2.05) is 0 Å². The molecule has 1 fully saturated rings. The van der Waals surface area contributed by atoms with Crippen molar-refractivity contribution in [3.63, 3.8) is 0 Å². The van der Waals surface area contributed by atoms with Crippen LogP contribution in [0.1, 0.15) is 26.7 Å². The van der Waals surface area contributed by atoms with Crippen LogP contribution >= 0.6 is 0 Å². The van der Waals surface area contributed by atoms with Crippen molar-refractivity contribution in [1.29, 1.82) is 0 Å². The van der Waals surface area contributed by atoms with Gasteiger partial charge in [0.05, 0.1) is 0 Å². The smallest absolute Gasteiger partial charge is 0.0218 e. The van der Waals surface area contributed by atoms with Gasteiger partial charge in [-0.2, -0.15) is 0 Å². The van der Waals surface area contributed by atoms with Gasteiger partial charge in [-0.05, 0) is 66.8 Å². The summed E-state index contributed by atoms with van der Waals surface area (Å²) in [7, 11) is 6.41. The lowest BCUT2D eigenvalue weighted by Crippen LogP contribution is -2.49. The molecule has 3 nitrogen and oxygen atoms in total. The first-order chi connectivity index (χ1) is 7.54. The van der Waals surface area contributed by atoms with Crippen molar-refractivity contribution in [2.24, 2.45) is 5.92 Å². The quantitative estimate of drug-likeness (QED) is 0.763. The fourth-order valence-electron chi connectivity index (χ4n) is 2.62. The maximum Gasteiger partial charge on any atom is 0.0218 e. The Kier molecular flexibility index (Phi) is 5.73. The average molecular weight is 227 g/mol. The highest BCUT2D eigenvalue weighted by atomic mass is 15.2. The summed E-state index contributed by atoms with van der Waals surface area (Å²) in [6.07, 6.45) is 2.72. The average Bonchev–Trinajstić information content (AvgIpc) is 2.27. The molecule has 0 aromatic heterocycles. The van der Waals surface area contributed by atoms with Gasteiger partial charge in [-0.15, -0.1) is 0 Å². The number of hydrogen-bond acceptors (Lipinski definition) is 3. The van der Waals surface area contributed by atoms with Crippen LogP contribution in [0.25, 0.3) is 0 Å². The molecule has 0 bridgehead atoms. The summed E-state index contributed by atoms with van der Waals surface area (Å²) >= 11 is 0. The van der Waals surface area contributed by atoms with Gasteiger partial charge >= 0.3 is 0 Å². The molecule has 1 aliphatic heterocycles. The van der Waals surface area contributed by atoms with E-state index in [0.29, 0.717) is 12.1 Å². The molecule has 0 aromatic rings. The third kappa shape index (κ3) is 4.04. The van der Waals surface area contributed by atoms with E-state index in [9.17, 15) is 0 Å². The SMILES string of the molecule is CNC(C)C(C)N1CCC(CN(C)C)CC1. The summed E-state index contributed by atoms with van der Waals surface area (Å²) in [5.41, 5.74) is 0. The van der Waals surface area contributed by atoms with E-state index in [1.54, 1.807) is 0 Å². The van der Waals surface area contributed by atoms with E-state index in [2.05, 4.69) is 50.1 Å². The molecule has 0 radical (unpaired) electrons. The molecule has 96 valence electrons. The Morgan fingerprint density at radius 3 is 2.25 bits per heavy atom. The predicted molar refractivity (Wildman–Crippen MR) is 70.8 cm³/mol. The summed E-state index contributed by atoms with van der Waals surface area (Å²) in [6, 6.07) is 1.25. The van der Waals surface area contributed by atoms with Gasteiger partial charge in [0, 0.05) is 18.6 Å². The van der Waals surface area contributed by atoms with Crippen molar-refractivity contribution >= 4 is 0 Å². The number of nitrogens with one attached hydrogen (secondary N) is 1. The van der Waals surface area contributed by atoms with Gasteiger partial charge < -0.3 is 10.2 Å². The minimum atomic E-state index is 0.588. The molecule has 1 rings (SSSR count). The minimum absolute atomic E-state index is 0.588. The van der Waals surface area contributed by atoms with Gasteiger partial charge in [0.1, 0.15) is 0 Å². The van der Waals surface area contributed by atoms with Crippen LogP contribution in [0.2, 0.25) is 0 Å². The zero-order valence-electron chi connectivity index (χ0n) is 11.7. The molecule has 1 N–H and O–H groups in total. The van der Waals surface area contributed by atoms with Crippen molar-refractivity contribution in [3.05, 3.63) is 0 Å². The van der Waals surface area contributed by atoms with Crippen LogP contribution in [-0.4, -0.2) is 62.7 Å². The molecule has 0 amide bonds. The zero-order valence-corrected chi connectivity index (χ0v) is 11.7. The Morgan fingerprint density at radius 1 is 1.25 bits per heavy atom. The van der Waals surface area contributed by atoms with E-state index in [1.165, 1.54) is 32.5 Å². The van der Waals surface area contributed by atoms with Crippen molar-refractivity contribution in [3.8, 4) is 0 Å². The molecular formula is C13H29N3. The van der Waals surface area contributed by atoms with E-state index in [-0.39, 0.29) is 0 Å². The lowest BCUT2D eigenvalue weighted by molar-refractivity contribution is 0.111. The largest absolute Gasteiger partial charge is 0.316 e. The standard InChI is InChI=1S/C13H29N3/c1-11(14-3)12(2)16-8-6-13(7-9-16)10-15(4)5/h11-14H,6-10H2,1-5H3. The van der Waals surface area contributed by atoms with Crippen LogP contribution < -0.4 is 5.32 Å². The summed E-state index contributed by atoms with van der Waals surface area (Å²) in [5.74, 6) is 0.906. The molecule has 0 aromatic carbocycles. The van der Waals surface area contributed by atoms with Crippen molar-refractivity contribution in [1.82, 2.24) is 15.1 Å². The number of hydrogen-bond donors (Lipinski definition) is 1. The van der Waals surface area contributed by atoms with Crippen LogP contribution in [0.5, 0.6) is 0 Å². The lowest BCUT2D eigenvalue weighted by Gasteiger charge is -2.39. The minimum Gasteiger partial charge on any atom is -0.316 e. The van der Waals surface area contributed by atoms with Gasteiger partial charge in [-0.1, -0.05) is 0 Å². The second-order valence-electron chi connectivity index (χ2n) is 5.56. The summed E-state index contributed by atoms with van der Waals surface area (Å²) < 4.78 is 0. The molecule has 2 unspecified atom stereocenters. The van der Waals surface area contributed by atoms with Gasteiger partial charge in [-0.3, -0.25) is 4.90 Å². The number of likely N-dealkylation sites (N-methyl/N-ethyl adjacent to an activating group) is 1. The zero-order chi connectivity index (χ0) is 12.1. The van der Waals surface area contributed by atoms with Gasteiger partial charge in [0.15, 0.2) is 0 Å². The maximum absolute atomic E-state index is 3.36. The first kappa shape index (κ1) is 13.9. The van der Waals surface area contributed by atoms with Crippen LogP contribution in [0.3, 0.4) is 0 Å². The third-order valence-electron chi connectivity index (χ3n) is 4.03. The molecule has 0 aliphatic carbocycles. The van der Waals surface area contributed by atoms with E-state index in [4.69, 9.17) is 0 Å². The molecule has 1 saturated heterocycles. The third-order valence-corrected chi connectivity index (χ3v) is 4.03. The number of rotatable bonds is 5.